The summed E-state index contributed by atoms with van der Waals surface area (Å²) in [6, 6.07) is 8.47. The Labute approximate surface area is 97.2 Å². The standard InChI is InChI=1S/C15H17N/c1-5-13-7-6-8-14(9-13)16-15-11(3)10(2)12(15)4/h6-9,16H,2-3,5H2,1,4H3. The van der Waals surface area contributed by atoms with Crippen molar-refractivity contribution < 1.29 is 0 Å². The van der Waals surface area contributed by atoms with Gasteiger partial charge < -0.3 is 5.32 Å². The maximum absolute atomic E-state index is 3.99. The van der Waals surface area contributed by atoms with Gasteiger partial charge >= 0.3 is 0 Å². The minimum Gasteiger partial charge on any atom is -0.355 e. The molecule has 0 atom stereocenters. The highest BCUT2D eigenvalue weighted by molar-refractivity contribution is 5.72. The molecular weight excluding hydrogens is 194 g/mol. The van der Waals surface area contributed by atoms with E-state index >= 15 is 0 Å². The number of aryl methyl sites for hydroxylation is 1. The molecule has 0 unspecified atom stereocenters. The summed E-state index contributed by atoms with van der Waals surface area (Å²) in [5, 5.41) is 3.40. The second-order valence-electron chi connectivity index (χ2n) is 4.14. The number of hydrogen-bond donors (Lipinski definition) is 1. The molecule has 0 fully saturated rings. The molecule has 0 bridgehead atoms. The van der Waals surface area contributed by atoms with E-state index in [2.05, 4.69) is 56.6 Å². The smallest absolute Gasteiger partial charge is 0.0493 e. The van der Waals surface area contributed by atoms with Crippen LogP contribution in [0.4, 0.5) is 5.69 Å². The molecule has 1 heteroatoms. The highest BCUT2D eigenvalue weighted by Crippen LogP contribution is 2.37. The summed E-state index contributed by atoms with van der Waals surface area (Å²) in [5.74, 6) is 0. The number of benzene rings is 1. The van der Waals surface area contributed by atoms with Crippen LogP contribution in [0, 0.1) is 0 Å². The molecule has 1 aliphatic carbocycles. The van der Waals surface area contributed by atoms with Crippen molar-refractivity contribution >= 4 is 5.69 Å². The van der Waals surface area contributed by atoms with Gasteiger partial charge in [-0.15, -0.1) is 0 Å². The lowest BCUT2D eigenvalue weighted by Gasteiger charge is -2.28. The minimum atomic E-state index is 1.03. The van der Waals surface area contributed by atoms with Crippen LogP contribution >= 0.6 is 0 Å². The summed E-state index contributed by atoms with van der Waals surface area (Å²) >= 11 is 0. The highest BCUT2D eigenvalue weighted by Gasteiger charge is 2.22. The summed E-state index contributed by atoms with van der Waals surface area (Å²) in [6.45, 7) is 12.2. The van der Waals surface area contributed by atoms with E-state index in [4.69, 9.17) is 0 Å². The topological polar surface area (TPSA) is 12.0 Å². The van der Waals surface area contributed by atoms with Gasteiger partial charge in [0.25, 0.3) is 0 Å². The molecule has 0 radical (unpaired) electrons. The van der Waals surface area contributed by atoms with Gasteiger partial charge in [-0.25, -0.2) is 0 Å². The number of nitrogens with one attached hydrogen (secondary N) is 1. The average molecular weight is 211 g/mol. The Hall–Kier alpha value is -1.76. The van der Waals surface area contributed by atoms with Gasteiger partial charge in [-0.05, 0) is 47.8 Å². The van der Waals surface area contributed by atoms with Crippen molar-refractivity contribution in [2.24, 2.45) is 0 Å². The second-order valence-corrected chi connectivity index (χ2v) is 4.14. The Morgan fingerprint density at radius 2 is 1.94 bits per heavy atom. The van der Waals surface area contributed by atoms with Crippen molar-refractivity contribution in [1.29, 1.82) is 0 Å². The van der Waals surface area contributed by atoms with Crippen molar-refractivity contribution in [2.45, 2.75) is 20.3 Å². The zero-order valence-corrected chi connectivity index (χ0v) is 9.93. The van der Waals surface area contributed by atoms with Crippen LogP contribution in [0.3, 0.4) is 0 Å². The molecule has 1 N–H and O–H groups in total. The Bertz CT molecular complexity index is 492. The van der Waals surface area contributed by atoms with Gasteiger partial charge in [0.15, 0.2) is 0 Å². The van der Waals surface area contributed by atoms with Gasteiger partial charge in [0.2, 0.25) is 0 Å². The average Bonchev–Trinajstić information content (AvgIpc) is 2.34. The predicted octanol–water partition coefficient (Wildman–Crippen LogP) is 4.06. The molecule has 1 aliphatic rings. The molecule has 0 aliphatic heterocycles. The van der Waals surface area contributed by atoms with Gasteiger partial charge in [-0.1, -0.05) is 32.2 Å². The Morgan fingerprint density at radius 1 is 1.19 bits per heavy atom. The van der Waals surface area contributed by atoms with E-state index in [-0.39, 0.29) is 0 Å². The van der Waals surface area contributed by atoms with Crippen LogP contribution in [0.15, 0.2) is 59.8 Å². The van der Waals surface area contributed by atoms with E-state index in [0.717, 1.165) is 29.0 Å². The molecule has 0 saturated heterocycles. The van der Waals surface area contributed by atoms with Crippen LogP contribution in [0.25, 0.3) is 0 Å². The molecule has 0 aromatic heterocycles. The molecule has 1 aromatic rings. The minimum absolute atomic E-state index is 1.03. The number of allylic oxidation sites excluding steroid dienone is 2. The Morgan fingerprint density at radius 3 is 2.56 bits per heavy atom. The fraction of sp³-hybridized carbons (Fsp3) is 0.200. The van der Waals surface area contributed by atoms with E-state index < -0.39 is 0 Å². The Kier molecular flexibility index (Phi) is 2.69. The normalized spacial score (nSPS) is 15.1. The first-order chi connectivity index (χ1) is 7.63. The van der Waals surface area contributed by atoms with Crippen molar-refractivity contribution in [3.63, 3.8) is 0 Å². The van der Waals surface area contributed by atoms with Gasteiger partial charge in [0.1, 0.15) is 0 Å². The molecular formula is C15H17N. The first kappa shape index (κ1) is 10.7. The summed E-state index contributed by atoms with van der Waals surface area (Å²) < 4.78 is 0. The predicted molar refractivity (Wildman–Crippen MR) is 70.4 cm³/mol. The van der Waals surface area contributed by atoms with E-state index in [9.17, 15) is 0 Å². The fourth-order valence-corrected chi connectivity index (χ4v) is 1.87. The first-order valence-corrected chi connectivity index (χ1v) is 5.59. The molecule has 82 valence electrons. The zero-order valence-electron chi connectivity index (χ0n) is 9.93. The van der Waals surface area contributed by atoms with E-state index in [1.54, 1.807) is 0 Å². The van der Waals surface area contributed by atoms with Crippen molar-refractivity contribution in [3.8, 4) is 0 Å². The first-order valence-electron chi connectivity index (χ1n) is 5.59. The Balaban J connectivity index is 2.22. The summed E-state index contributed by atoms with van der Waals surface area (Å²) in [4.78, 5) is 0. The number of hydrogen-bond acceptors (Lipinski definition) is 1. The van der Waals surface area contributed by atoms with Gasteiger partial charge in [0.05, 0.1) is 0 Å². The van der Waals surface area contributed by atoms with E-state index in [0.29, 0.717) is 0 Å². The maximum atomic E-state index is 3.99. The van der Waals surface area contributed by atoms with Crippen LogP contribution in [-0.4, -0.2) is 0 Å². The van der Waals surface area contributed by atoms with Gasteiger partial charge in [-0.2, -0.15) is 0 Å². The SMILES string of the molecule is C=C1C(=C)C(Nc2cccc(CC)c2)=C1C. The molecule has 0 spiro atoms. The third-order valence-corrected chi connectivity index (χ3v) is 3.10. The molecule has 0 saturated carbocycles. The largest absolute Gasteiger partial charge is 0.355 e. The quantitative estimate of drug-likeness (QED) is 0.795. The second kappa shape index (κ2) is 4.01. The molecule has 2 rings (SSSR count). The van der Waals surface area contributed by atoms with Crippen LogP contribution in [0.2, 0.25) is 0 Å². The maximum Gasteiger partial charge on any atom is 0.0493 e. The molecule has 1 nitrogen and oxygen atoms in total. The molecule has 0 heterocycles. The van der Waals surface area contributed by atoms with Crippen LogP contribution in [0.5, 0.6) is 0 Å². The summed E-state index contributed by atoms with van der Waals surface area (Å²) in [5.41, 5.74) is 6.90. The van der Waals surface area contributed by atoms with Crippen LogP contribution in [0.1, 0.15) is 19.4 Å². The van der Waals surface area contributed by atoms with Crippen molar-refractivity contribution in [2.75, 3.05) is 5.32 Å². The van der Waals surface area contributed by atoms with E-state index in [1.807, 2.05) is 0 Å². The van der Waals surface area contributed by atoms with Crippen LogP contribution < -0.4 is 5.32 Å². The zero-order chi connectivity index (χ0) is 11.7. The lowest BCUT2D eigenvalue weighted by Crippen LogP contribution is -2.16. The monoisotopic (exact) mass is 211 g/mol. The third kappa shape index (κ3) is 1.69. The molecule has 0 amide bonds. The highest BCUT2D eigenvalue weighted by atomic mass is 14.9. The summed E-state index contributed by atoms with van der Waals surface area (Å²) in [7, 11) is 0. The van der Waals surface area contributed by atoms with Crippen LogP contribution in [-0.2, 0) is 6.42 Å². The van der Waals surface area contributed by atoms with E-state index in [1.165, 1.54) is 11.1 Å². The lowest BCUT2D eigenvalue weighted by atomic mass is 9.85. The fourth-order valence-electron chi connectivity index (χ4n) is 1.87. The number of rotatable bonds is 3. The van der Waals surface area contributed by atoms with Crippen molar-refractivity contribution in [3.05, 3.63) is 65.4 Å². The summed E-state index contributed by atoms with van der Waals surface area (Å²) in [6.07, 6.45) is 1.06. The van der Waals surface area contributed by atoms with Crippen molar-refractivity contribution in [1.82, 2.24) is 0 Å². The number of anilines is 1. The molecule has 1 aromatic carbocycles. The van der Waals surface area contributed by atoms with Gasteiger partial charge in [-0.3, -0.25) is 0 Å². The molecule has 16 heavy (non-hydrogen) atoms. The lowest BCUT2D eigenvalue weighted by molar-refractivity contribution is 1.13. The third-order valence-electron chi connectivity index (χ3n) is 3.10. The van der Waals surface area contributed by atoms with Gasteiger partial charge in [0, 0.05) is 11.4 Å².